The Morgan fingerprint density at radius 2 is 1.87 bits per heavy atom. The molecule has 1 fully saturated rings. The Morgan fingerprint density at radius 3 is 2.45 bits per heavy atom. The molecule has 6 nitrogen and oxygen atoms in total. The molecule has 1 aromatic rings. The number of alkyl halides is 3. The number of Topliss-reactive ketones (excluding diaryl/α,β-unsaturated/α-hetero) is 1. The third-order valence-electron chi connectivity index (χ3n) is 5.02. The van der Waals surface area contributed by atoms with Gasteiger partial charge in [0, 0.05) is 19.5 Å². The van der Waals surface area contributed by atoms with Gasteiger partial charge in [0.05, 0.1) is 12.2 Å². The Labute approximate surface area is 179 Å². The van der Waals surface area contributed by atoms with Gasteiger partial charge in [-0.25, -0.2) is 4.79 Å². The highest BCUT2D eigenvalue weighted by atomic mass is 19.4. The maximum Gasteiger partial charge on any atom is 0.416 e. The van der Waals surface area contributed by atoms with Crippen LogP contribution in [0.2, 0.25) is 0 Å². The number of carbonyl (C=O) groups is 3. The van der Waals surface area contributed by atoms with E-state index in [9.17, 15) is 27.6 Å². The van der Waals surface area contributed by atoms with E-state index in [1.54, 1.807) is 27.7 Å². The van der Waals surface area contributed by atoms with Gasteiger partial charge in [0.15, 0.2) is 5.78 Å². The molecular weight excluding hydrogens is 415 g/mol. The number of hydrogen-bond donors (Lipinski definition) is 0. The average molecular weight is 443 g/mol. The Morgan fingerprint density at radius 1 is 1.19 bits per heavy atom. The minimum Gasteiger partial charge on any atom is -0.465 e. The lowest BCUT2D eigenvalue weighted by molar-refractivity contribution is -0.164. The van der Waals surface area contributed by atoms with E-state index in [2.05, 4.69) is 0 Å². The third kappa shape index (κ3) is 6.21. The first-order valence-corrected chi connectivity index (χ1v) is 10.1. The standard InChI is InChI=1S/C22H28F3NO5/c1-5-30-18(28)21(11-9-15-7-6-8-16(13-15)22(23,24)25)14-26(12-10-17(21)27)19(29)31-20(2,3)4/h6-8,13H,5,9-12,14H2,1-4H3. The summed E-state index contributed by atoms with van der Waals surface area (Å²) in [6, 6.07) is 4.75. The van der Waals surface area contributed by atoms with Crippen LogP contribution in [0, 0.1) is 5.41 Å². The molecule has 172 valence electrons. The minimum atomic E-state index is -4.50. The van der Waals surface area contributed by atoms with E-state index in [0.717, 1.165) is 12.1 Å². The van der Waals surface area contributed by atoms with Crippen molar-refractivity contribution in [2.45, 2.75) is 58.7 Å². The van der Waals surface area contributed by atoms with E-state index < -0.39 is 40.6 Å². The number of piperidine rings is 1. The zero-order valence-corrected chi connectivity index (χ0v) is 18.2. The molecule has 1 atom stereocenters. The SMILES string of the molecule is CCOC(=O)C1(CCc2cccc(C(F)(F)F)c2)CN(C(=O)OC(C)(C)C)CCC1=O. The molecule has 0 aliphatic carbocycles. The van der Waals surface area contributed by atoms with Gasteiger partial charge in [0.1, 0.15) is 11.0 Å². The maximum atomic E-state index is 13.0. The summed E-state index contributed by atoms with van der Waals surface area (Å²) in [6.07, 6.45) is -5.27. The average Bonchev–Trinajstić information content (AvgIpc) is 2.66. The lowest BCUT2D eigenvalue weighted by Crippen LogP contribution is -2.56. The second-order valence-corrected chi connectivity index (χ2v) is 8.58. The molecule has 1 aliphatic rings. The Hall–Kier alpha value is -2.58. The van der Waals surface area contributed by atoms with E-state index in [-0.39, 0.29) is 39.0 Å². The number of aryl methyl sites for hydroxylation is 1. The van der Waals surface area contributed by atoms with Crippen LogP contribution in [0.15, 0.2) is 24.3 Å². The fourth-order valence-electron chi connectivity index (χ4n) is 3.48. The highest BCUT2D eigenvalue weighted by molar-refractivity contribution is 6.05. The maximum absolute atomic E-state index is 13.0. The first-order chi connectivity index (χ1) is 14.3. The van der Waals surface area contributed by atoms with Crippen molar-refractivity contribution in [3.05, 3.63) is 35.4 Å². The monoisotopic (exact) mass is 443 g/mol. The van der Waals surface area contributed by atoms with Gasteiger partial charge in [-0.3, -0.25) is 9.59 Å². The number of carbonyl (C=O) groups excluding carboxylic acids is 3. The third-order valence-corrected chi connectivity index (χ3v) is 5.02. The summed E-state index contributed by atoms with van der Waals surface area (Å²) >= 11 is 0. The number of rotatable bonds is 5. The molecule has 1 saturated heterocycles. The molecule has 0 spiro atoms. The van der Waals surface area contributed by atoms with E-state index in [4.69, 9.17) is 9.47 Å². The van der Waals surface area contributed by atoms with Crippen LogP contribution in [0.25, 0.3) is 0 Å². The van der Waals surface area contributed by atoms with Crippen molar-refractivity contribution in [1.29, 1.82) is 0 Å². The summed E-state index contributed by atoms with van der Waals surface area (Å²) in [5.74, 6) is -1.17. The molecule has 31 heavy (non-hydrogen) atoms. The topological polar surface area (TPSA) is 72.9 Å². The molecule has 0 radical (unpaired) electrons. The number of benzene rings is 1. The molecule has 9 heteroatoms. The van der Waals surface area contributed by atoms with Gasteiger partial charge < -0.3 is 14.4 Å². The molecule has 1 aliphatic heterocycles. The summed E-state index contributed by atoms with van der Waals surface area (Å²) in [5.41, 5.74) is -2.89. The predicted octanol–water partition coefficient (Wildman–Crippen LogP) is 4.40. The van der Waals surface area contributed by atoms with Crippen molar-refractivity contribution in [2.75, 3.05) is 19.7 Å². The summed E-state index contributed by atoms with van der Waals surface area (Å²) in [6.45, 7) is 6.59. The van der Waals surface area contributed by atoms with Gasteiger partial charge in [-0.2, -0.15) is 13.2 Å². The summed E-state index contributed by atoms with van der Waals surface area (Å²) in [4.78, 5) is 39.5. The number of ether oxygens (including phenoxy) is 2. The van der Waals surface area contributed by atoms with Crippen LogP contribution < -0.4 is 0 Å². The second-order valence-electron chi connectivity index (χ2n) is 8.58. The van der Waals surface area contributed by atoms with Gasteiger partial charge >= 0.3 is 18.2 Å². The molecule has 1 aromatic carbocycles. The van der Waals surface area contributed by atoms with Crippen LogP contribution in [0.5, 0.6) is 0 Å². The normalized spacial score (nSPS) is 19.8. The van der Waals surface area contributed by atoms with E-state index in [0.29, 0.717) is 5.56 Å². The van der Waals surface area contributed by atoms with Crippen LogP contribution in [0.1, 0.15) is 51.7 Å². The van der Waals surface area contributed by atoms with Crippen molar-refractivity contribution in [2.24, 2.45) is 5.41 Å². The smallest absolute Gasteiger partial charge is 0.416 e. The van der Waals surface area contributed by atoms with Gasteiger partial charge in [-0.05, 0) is 52.2 Å². The van der Waals surface area contributed by atoms with Crippen LogP contribution >= 0.6 is 0 Å². The van der Waals surface area contributed by atoms with Gasteiger partial charge in [-0.1, -0.05) is 18.2 Å². The molecular formula is C22H28F3NO5. The number of esters is 1. The molecule has 1 amide bonds. The Balaban J connectivity index is 2.30. The second kappa shape index (κ2) is 9.28. The molecule has 0 bridgehead atoms. The molecule has 2 rings (SSSR count). The number of amides is 1. The summed E-state index contributed by atoms with van der Waals surface area (Å²) in [7, 11) is 0. The van der Waals surface area contributed by atoms with Crippen LogP contribution in [-0.2, 0) is 31.7 Å². The van der Waals surface area contributed by atoms with Gasteiger partial charge in [0.25, 0.3) is 0 Å². The largest absolute Gasteiger partial charge is 0.465 e. The first kappa shape index (κ1) is 24.7. The van der Waals surface area contributed by atoms with Gasteiger partial charge in [0.2, 0.25) is 0 Å². The van der Waals surface area contributed by atoms with E-state index in [1.807, 2.05) is 0 Å². The number of ketones is 1. The van der Waals surface area contributed by atoms with Crippen molar-refractivity contribution in [1.82, 2.24) is 4.90 Å². The van der Waals surface area contributed by atoms with Crippen molar-refractivity contribution in [3.63, 3.8) is 0 Å². The molecule has 0 saturated carbocycles. The van der Waals surface area contributed by atoms with Crippen molar-refractivity contribution >= 4 is 17.8 Å². The minimum absolute atomic E-state index is 0.0316. The number of nitrogens with zero attached hydrogens (tertiary/aromatic N) is 1. The zero-order valence-electron chi connectivity index (χ0n) is 18.2. The molecule has 1 heterocycles. The lowest BCUT2D eigenvalue weighted by atomic mass is 9.74. The van der Waals surface area contributed by atoms with Gasteiger partial charge in [-0.15, -0.1) is 0 Å². The first-order valence-electron chi connectivity index (χ1n) is 10.1. The molecule has 0 N–H and O–H groups in total. The highest BCUT2D eigenvalue weighted by Crippen LogP contribution is 2.35. The van der Waals surface area contributed by atoms with Crippen molar-refractivity contribution < 1.29 is 37.0 Å². The fraction of sp³-hybridized carbons (Fsp3) is 0.591. The zero-order chi connectivity index (χ0) is 23.4. The summed E-state index contributed by atoms with van der Waals surface area (Å²) < 4.78 is 49.5. The lowest BCUT2D eigenvalue weighted by Gasteiger charge is -2.40. The molecule has 1 unspecified atom stereocenters. The number of likely N-dealkylation sites (tertiary alicyclic amines) is 1. The predicted molar refractivity (Wildman–Crippen MR) is 106 cm³/mol. The highest BCUT2D eigenvalue weighted by Gasteiger charge is 2.51. The Bertz CT molecular complexity index is 831. The summed E-state index contributed by atoms with van der Waals surface area (Å²) in [5, 5.41) is 0. The van der Waals surface area contributed by atoms with E-state index in [1.165, 1.54) is 17.0 Å². The number of hydrogen-bond acceptors (Lipinski definition) is 5. The van der Waals surface area contributed by atoms with Crippen molar-refractivity contribution in [3.8, 4) is 0 Å². The quantitative estimate of drug-likeness (QED) is 0.498. The van der Waals surface area contributed by atoms with Crippen LogP contribution in [0.3, 0.4) is 0 Å². The van der Waals surface area contributed by atoms with E-state index >= 15 is 0 Å². The molecule has 0 aromatic heterocycles. The number of halogens is 3. The fourth-order valence-corrected chi connectivity index (χ4v) is 3.48. The van der Waals surface area contributed by atoms with Crippen LogP contribution in [0.4, 0.5) is 18.0 Å². The Kier molecular flexibility index (Phi) is 7.39. The van der Waals surface area contributed by atoms with Crippen LogP contribution in [-0.4, -0.2) is 48.0 Å².